The van der Waals surface area contributed by atoms with Crippen molar-refractivity contribution in [2.24, 2.45) is 11.3 Å². The minimum absolute atomic E-state index is 0.0330. The Morgan fingerprint density at radius 1 is 1.33 bits per heavy atom. The van der Waals surface area contributed by atoms with E-state index in [2.05, 4.69) is 27.7 Å². The molecule has 0 saturated heterocycles. The van der Waals surface area contributed by atoms with Gasteiger partial charge in [0, 0.05) is 12.0 Å². The molecule has 0 heterocycles. The van der Waals surface area contributed by atoms with Crippen molar-refractivity contribution in [1.29, 1.82) is 0 Å². The van der Waals surface area contributed by atoms with Crippen molar-refractivity contribution in [3.63, 3.8) is 0 Å². The molecule has 1 atom stereocenters. The van der Waals surface area contributed by atoms with Gasteiger partial charge in [-0.15, -0.1) is 0 Å². The second-order valence-electron chi connectivity index (χ2n) is 6.46. The molecule has 100 valence electrons. The first-order valence-corrected chi connectivity index (χ1v) is 6.48. The van der Waals surface area contributed by atoms with Crippen molar-refractivity contribution in [3.8, 4) is 0 Å². The summed E-state index contributed by atoms with van der Waals surface area (Å²) < 4.78 is 13.4. The van der Waals surface area contributed by atoms with Crippen molar-refractivity contribution < 1.29 is 9.18 Å². The van der Waals surface area contributed by atoms with Gasteiger partial charge in [-0.25, -0.2) is 4.39 Å². The van der Waals surface area contributed by atoms with Gasteiger partial charge in [0.1, 0.15) is 5.82 Å². The molecule has 18 heavy (non-hydrogen) atoms. The van der Waals surface area contributed by atoms with Gasteiger partial charge in [-0.1, -0.05) is 39.8 Å². The van der Waals surface area contributed by atoms with E-state index in [1.54, 1.807) is 19.1 Å². The van der Waals surface area contributed by atoms with Gasteiger partial charge in [0.15, 0.2) is 5.78 Å². The molecule has 1 aromatic carbocycles. The first-order chi connectivity index (χ1) is 8.19. The largest absolute Gasteiger partial charge is 0.294 e. The minimum Gasteiger partial charge on any atom is -0.294 e. The van der Waals surface area contributed by atoms with Crippen LogP contribution in [-0.4, -0.2) is 5.78 Å². The fourth-order valence-electron chi connectivity index (χ4n) is 2.32. The monoisotopic (exact) mass is 250 g/mol. The standard InChI is InChI=1S/C16H23FO/c1-11(10-16(3,4)5)8-15(18)13-7-6-12(2)14(17)9-13/h6-7,9,11H,8,10H2,1-5H3. The van der Waals surface area contributed by atoms with Gasteiger partial charge < -0.3 is 0 Å². The summed E-state index contributed by atoms with van der Waals surface area (Å²) in [7, 11) is 0. The van der Waals surface area contributed by atoms with Crippen LogP contribution in [0, 0.1) is 24.1 Å². The van der Waals surface area contributed by atoms with Crippen LogP contribution in [0.1, 0.15) is 56.5 Å². The Morgan fingerprint density at radius 2 is 1.94 bits per heavy atom. The molecule has 0 saturated carbocycles. The van der Waals surface area contributed by atoms with Crippen molar-refractivity contribution in [2.75, 3.05) is 0 Å². The predicted molar refractivity (Wildman–Crippen MR) is 73.3 cm³/mol. The van der Waals surface area contributed by atoms with E-state index in [0.717, 1.165) is 6.42 Å². The third kappa shape index (κ3) is 4.59. The van der Waals surface area contributed by atoms with E-state index in [1.165, 1.54) is 6.07 Å². The summed E-state index contributed by atoms with van der Waals surface area (Å²) in [6.45, 7) is 10.3. The SMILES string of the molecule is Cc1ccc(C(=O)CC(C)CC(C)(C)C)cc1F. The lowest BCUT2D eigenvalue weighted by molar-refractivity contribution is 0.0954. The second-order valence-corrected chi connectivity index (χ2v) is 6.46. The van der Waals surface area contributed by atoms with Crippen molar-refractivity contribution in [3.05, 3.63) is 35.1 Å². The van der Waals surface area contributed by atoms with Gasteiger partial charge in [-0.2, -0.15) is 0 Å². The molecule has 0 aliphatic rings. The normalized spacial score (nSPS) is 13.4. The van der Waals surface area contributed by atoms with E-state index in [9.17, 15) is 9.18 Å². The summed E-state index contributed by atoms with van der Waals surface area (Å²) in [4.78, 5) is 12.0. The molecule has 0 fully saturated rings. The summed E-state index contributed by atoms with van der Waals surface area (Å²) in [6.07, 6.45) is 1.48. The van der Waals surface area contributed by atoms with E-state index in [4.69, 9.17) is 0 Å². The average Bonchev–Trinajstić information content (AvgIpc) is 2.18. The Labute approximate surface area is 109 Å². The van der Waals surface area contributed by atoms with E-state index in [1.807, 2.05) is 0 Å². The summed E-state index contributed by atoms with van der Waals surface area (Å²) in [5.41, 5.74) is 1.28. The molecule has 0 spiro atoms. The van der Waals surface area contributed by atoms with Crippen LogP contribution < -0.4 is 0 Å². The fourth-order valence-corrected chi connectivity index (χ4v) is 2.32. The molecule has 0 amide bonds. The number of hydrogen-bond acceptors (Lipinski definition) is 1. The summed E-state index contributed by atoms with van der Waals surface area (Å²) >= 11 is 0. The van der Waals surface area contributed by atoms with Crippen LogP contribution >= 0.6 is 0 Å². The lowest BCUT2D eigenvalue weighted by atomic mass is 9.83. The van der Waals surface area contributed by atoms with Gasteiger partial charge in [0.05, 0.1) is 0 Å². The van der Waals surface area contributed by atoms with Gasteiger partial charge in [0.2, 0.25) is 0 Å². The maximum Gasteiger partial charge on any atom is 0.163 e. The maximum atomic E-state index is 13.4. The van der Waals surface area contributed by atoms with Gasteiger partial charge >= 0.3 is 0 Å². The zero-order valence-electron chi connectivity index (χ0n) is 12.0. The molecule has 0 aliphatic carbocycles. The van der Waals surface area contributed by atoms with Crippen molar-refractivity contribution in [2.45, 2.75) is 47.5 Å². The lowest BCUT2D eigenvalue weighted by Crippen LogP contribution is -2.14. The minimum atomic E-state index is -0.302. The highest BCUT2D eigenvalue weighted by atomic mass is 19.1. The highest BCUT2D eigenvalue weighted by molar-refractivity contribution is 5.96. The smallest absolute Gasteiger partial charge is 0.163 e. The summed E-state index contributed by atoms with van der Waals surface area (Å²) in [5.74, 6) is 0.0526. The van der Waals surface area contributed by atoms with E-state index >= 15 is 0 Å². The number of rotatable bonds is 4. The topological polar surface area (TPSA) is 17.1 Å². The zero-order valence-corrected chi connectivity index (χ0v) is 12.0. The highest BCUT2D eigenvalue weighted by Crippen LogP contribution is 2.27. The molecule has 1 unspecified atom stereocenters. The van der Waals surface area contributed by atoms with Crippen LogP contribution in [-0.2, 0) is 0 Å². The van der Waals surface area contributed by atoms with E-state index in [0.29, 0.717) is 23.5 Å². The van der Waals surface area contributed by atoms with Crippen LogP contribution in [0.5, 0.6) is 0 Å². The molecule has 0 bridgehead atoms. The molecular formula is C16H23FO. The summed E-state index contributed by atoms with van der Waals surface area (Å²) in [6, 6.07) is 4.73. The number of Topliss-reactive ketones (excluding diaryl/α,β-unsaturated/α-hetero) is 1. The molecule has 1 rings (SSSR count). The Hall–Kier alpha value is -1.18. The first kappa shape index (κ1) is 14.9. The molecule has 0 N–H and O–H groups in total. The number of carbonyl (C=O) groups excluding carboxylic acids is 1. The van der Waals surface area contributed by atoms with Crippen LogP contribution in [0.15, 0.2) is 18.2 Å². The Balaban J connectivity index is 2.68. The number of ketones is 1. The lowest BCUT2D eigenvalue weighted by Gasteiger charge is -2.22. The molecule has 0 aliphatic heterocycles. The van der Waals surface area contributed by atoms with Gasteiger partial charge in [0.25, 0.3) is 0 Å². The average molecular weight is 250 g/mol. The van der Waals surface area contributed by atoms with Gasteiger partial charge in [-0.05, 0) is 36.3 Å². The molecule has 2 heteroatoms. The molecule has 0 radical (unpaired) electrons. The maximum absolute atomic E-state index is 13.4. The van der Waals surface area contributed by atoms with Crippen LogP contribution in [0.4, 0.5) is 4.39 Å². The molecular weight excluding hydrogens is 227 g/mol. The predicted octanol–water partition coefficient (Wildman–Crippen LogP) is 4.78. The quantitative estimate of drug-likeness (QED) is 0.703. The molecule has 1 nitrogen and oxygen atoms in total. The number of carbonyl (C=O) groups is 1. The van der Waals surface area contributed by atoms with E-state index < -0.39 is 0 Å². The number of benzene rings is 1. The Kier molecular flexibility index (Phi) is 4.66. The number of halogens is 1. The number of hydrogen-bond donors (Lipinski definition) is 0. The van der Waals surface area contributed by atoms with Crippen LogP contribution in [0.2, 0.25) is 0 Å². The third-order valence-corrected chi connectivity index (χ3v) is 2.99. The zero-order chi connectivity index (χ0) is 13.9. The summed E-state index contributed by atoms with van der Waals surface area (Å²) in [5, 5.41) is 0. The second kappa shape index (κ2) is 5.64. The van der Waals surface area contributed by atoms with Crippen LogP contribution in [0.25, 0.3) is 0 Å². The Morgan fingerprint density at radius 3 is 2.44 bits per heavy atom. The molecule has 1 aromatic rings. The Bertz CT molecular complexity index is 429. The van der Waals surface area contributed by atoms with Gasteiger partial charge in [-0.3, -0.25) is 4.79 Å². The highest BCUT2D eigenvalue weighted by Gasteiger charge is 2.18. The van der Waals surface area contributed by atoms with Crippen molar-refractivity contribution >= 4 is 5.78 Å². The van der Waals surface area contributed by atoms with Crippen molar-refractivity contribution in [1.82, 2.24) is 0 Å². The van der Waals surface area contributed by atoms with Crippen LogP contribution in [0.3, 0.4) is 0 Å². The first-order valence-electron chi connectivity index (χ1n) is 6.48. The molecule has 0 aromatic heterocycles. The third-order valence-electron chi connectivity index (χ3n) is 2.99. The number of aryl methyl sites for hydroxylation is 1. The fraction of sp³-hybridized carbons (Fsp3) is 0.562. The van der Waals surface area contributed by atoms with E-state index in [-0.39, 0.29) is 17.0 Å².